The Kier molecular flexibility index (Phi) is 3.35. The Balaban J connectivity index is 1.63. The highest BCUT2D eigenvalue weighted by Gasteiger charge is 2.60. The molecule has 4 amide bonds. The summed E-state index contributed by atoms with van der Waals surface area (Å²) in [5.41, 5.74) is -0.160. The minimum Gasteiger partial charge on any atom is -0.310 e. The first kappa shape index (κ1) is 15.4. The maximum atomic E-state index is 12.9. The molecule has 126 valence electrons. The number of halogens is 1. The lowest BCUT2D eigenvalue weighted by molar-refractivity contribution is -0.136. The monoisotopic (exact) mass is 347 g/mol. The first-order valence-corrected chi connectivity index (χ1v) is 8.54. The Morgan fingerprint density at radius 1 is 1.17 bits per heavy atom. The van der Waals surface area contributed by atoms with Crippen molar-refractivity contribution in [3.63, 3.8) is 0 Å². The molecule has 0 spiro atoms. The number of hydrogen-bond donors (Lipinski definition) is 0. The van der Waals surface area contributed by atoms with Gasteiger partial charge >= 0.3 is 6.03 Å². The Bertz CT molecular complexity index is 752. The van der Waals surface area contributed by atoms with E-state index in [1.165, 1.54) is 4.90 Å². The van der Waals surface area contributed by atoms with Gasteiger partial charge in [-0.15, -0.1) is 0 Å². The normalized spacial score (nSPS) is 29.8. The van der Waals surface area contributed by atoms with Crippen LogP contribution in [0.4, 0.5) is 10.5 Å². The zero-order valence-corrected chi connectivity index (χ0v) is 14.1. The van der Waals surface area contributed by atoms with Crippen LogP contribution in [-0.2, 0) is 9.59 Å². The summed E-state index contributed by atoms with van der Waals surface area (Å²) in [4.78, 5) is 42.7. The van der Waals surface area contributed by atoms with Gasteiger partial charge in [0.15, 0.2) is 0 Å². The van der Waals surface area contributed by atoms with Crippen molar-refractivity contribution in [3.05, 3.63) is 29.3 Å². The summed E-state index contributed by atoms with van der Waals surface area (Å²) in [5, 5.41) is 0.484. The van der Waals surface area contributed by atoms with Crippen molar-refractivity contribution in [2.75, 3.05) is 18.0 Å². The average Bonchev–Trinajstić information content (AvgIpc) is 3.17. The van der Waals surface area contributed by atoms with Crippen molar-refractivity contribution in [1.29, 1.82) is 0 Å². The number of anilines is 1. The van der Waals surface area contributed by atoms with Gasteiger partial charge in [0.2, 0.25) is 5.91 Å². The predicted molar refractivity (Wildman–Crippen MR) is 88.8 cm³/mol. The van der Waals surface area contributed by atoms with Gasteiger partial charge in [0.1, 0.15) is 11.6 Å². The van der Waals surface area contributed by atoms with E-state index in [2.05, 4.69) is 0 Å². The molecule has 0 aliphatic carbocycles. The van der Waals surface area contributed by atoms with Crippen molar-refractivity contribution < 1.29 is 14.4 Å². The van der Waals surface area contributed by atoms with Gasteiger partial charge in [-0.2, -0.15) is 0 Å². The third-order valence-corrected chi connectivity index (χ3v) is 5.71. The van der Waals surface area contributed by atoms with Crippen molar-refractivity contribution in [1.82, 2.24) is 9.80 Å². The number of hydrogen-bond acceptors (Lipinski definition) is 3. The number of imide groups is 1. The predicted octanol–water partition coefficient (Wildman–Crippen LogP) is 2.26. The lowest BCUT2D eigenvalue weighted by atomic mass is 9.99. The number of carbonyl (C=O) groups is 3. The lowest BCUT2D eigenvalue weighted by Crippen LogP contribution is -2.47. The van der Waals surface area contributed by atoms with Gasteiger partial charge in [-0.05, 0) is 38.3 Å². The number of benzene rings is 1. The Labute approximate surface area is 144 Å². The van der Waals surface area contributed by atoms with Gasteiger partial charge in [0, 0.05) is 13.1 Å². The second-order valence-corrected chi connectivity index (χ2v) is 7.14. The highest BCUT2D eigenvalue weighted by molar-refractivity contribution is 6.34. The molecule has 3 aliphatic rings. The average molecular weight is 348 g/mol. The second kappa shape index (κ2) is 5.21. The summed E-state index contributed by atoms with van der Waals surface area (Å²) < 4.78 is 0. The molecule has 24 heavy (non-hydrogen) atoms. The molecule has 1 aromatic carbocycles. The fourth-order valence-corrected chi connectivity index (χ4v) is 4.30. The summed E-state index contributed by atoms with van der Waals surface area (Å²) >= 11 is 6.18. The smallest absolute Gasteiger partial charge is 0.310 e. The maximum Gasteiger partial charge on any atom is 0.328 e. The number of carbonyl (C=O) groups excluding carboxylic acids is 3. The second-order valence-electron chi connectivity index (χ2n) is 6.73. The van der Waals surface area contributed by atoms with Gasteiger partial charge in [0.05, 0.1) is 10.7 Å². The molecule has 2 atom stereocenters. The van der Waals surface area contributed by atoms with E-state index in [4.69, 9.17) is 11.6 Å². The summed E-state index contributed by atoms with van der Waals surface area (Å²) in [6.07, 6.45) is 1.92. The number of urea groups is 1. The zero-order chi connectivity index (χ0) is 17.1. The highest BCUT2D eigenvalue weighted by atomic mass is 35.5. The first-order valence-electron chi connectivity index (χ1n) is 8.16. The summed E-state index contributed by atoms with van der Waals surface area (Å²) in [5.74, 6) is -0.487. The molecule has 0 aromatic heterocycles. The topological polar surface area (TPSA) is 60.9 Å². The number of amides is 4. The van der Waals surface area contributed by atoms with E-state index in [1.807, 2.05) is 6.07 Å². The van der Waals surface area contributed by atoms with Crippen molar-refractivity contribution in [2.45, 2.75) is 37.8 Å². The molecular formula is C17H18ClN3O3. The number of rotatable bonds is 2. The molecule has 0 unspecified atom stereocenters. The van der Waals surface area contributed by atoms with Crippen LogP contribution in [0, 0.1) is 0 Å². The van der Waals surface area contributed by atoms with Crippen molar-refractivity contribution >= 4 is 35.1 Å². The molecule has 1 aromatic rings. The molecule has 7 heteroatoms. The van der Waals surface area contributed by atoms with Crippen LogP contribution in [0.3, 0.4) is 0 Å². The van der Waals surface area contributed by atoms with Gasteiger partial charge < -0.3 is 9.80 Å². The number of para-hydroxylation sites is 1. The van der Waals surface area contributed by atoms with Gasteiger partial charge in [-0.25, -0.2) is 9.69 Å². The SMILES string of the molecule is C[C@]12CCCN1C(=O)N([C@H]1CCN(c3ccccc3Cl)C1=O)C2=O. The van der Waals surface area contributed by atoms with Crippen LogP contribution < -0.4 is 4.90 Å². The van der Waals surface area contributed by atoms with Crippen molar-refractivity contribution in [3.8, 4) is 0 Å². The molecule has 3 fully saturated rings. The molecule has 0 N–H and O–H groups in total. The van der Waals surface area contributed by atoms with E-state index in [9.17, 15) is 14.4 Å². The molecule has 3 heterocycles. The molecule has 4 rings (SSSR count). The van der Waals surface area contributed by atoms with Crippen molar-refractivity contribution in [2.24, 2.45) is 0 Å². The third-order valence-electron chi connectivity index (χ3n) is 5.39. The summed E-state index contributed by atoms with van der Waals surface area (Å²) in [7, 11) is 0. The Morgan fingerprint density at radius 2 is 1.92 bits per heavy atom. The van der Waals surface area contributed by atoms with Gasteiger partial charge in [-0.1, -0.05) is 23.7 Å². The van der Waals surface area contributed by atoms with E-state index in [0.717, 1.165) is 6.42 Å². The minimum atomic E-state index is -0.783. The van der Waals surface area contributed by atoms with E-state index >= 15 is 0 Å². The van der Waals surface area contributed by atoms with Crippen LogP contribution in [0.25, 0.3) is 0 Å². The fraction of sp³-hybridized carbons (Fsp3) is 0.471. The summed E-state index contributed by atoms with van der Waals surface area (Å²) in [6, 6.07) is 6.04. The highest BCUT2D eigenvalue weighted by Crippen LogP contribution is 2.40. The first-order chi connectivity index (χ1) is 11.4. The fourth-order valence-electron chi connectivity index (χ4n) is 4.06. The third kappa shape index (κ3) is 1.92. The minimum absolute atomic E-state index is 0.241. The van der Waals surface area contributed by atoms with Crippen LogP contribution in [0.5, 0.6) is 0 Å². The molecule has 6 nitrogen and oxygen atoms in total. The Hall–Kier alpha value is -2.08. The number of nitrogens with zero attached hydrogens (tertiary/aromatic N) is 3. The van der Waals surface area contributed by atoms with Crippen LogP contribution in [-0.4, -0.2) is 52.3 Å². The van der Waals surface area contributed by atoms with E-state index in [-0.39, 0.29) is 17.8 Å². The maximum absolute atomic E-state index is 12.9. The quantitative estimate of drug-likeness (QED) is 0.771. The molecule has 0 radical (unpaired) electrons. The molecule has 0 bridgehead atoms. The Morgan fingerprint density at radius 3 is 2.62 bits per heavy atom. The lowest BCUT2D eigenvalue weighted by Gasteiger charge is -2.23. The molecule has 3 saturated heterocycles. The largest absolute Gasteiger partial charge is 0.328 e. The van der Waals surface area contributed by atoms with E-state index in [1.54, 1.807) is 34.9 Å². The molecular weight excluding hydrogens is 330 g/mol. The van der Waals surface area contributed by atoms with E-state index < -0.39 is 11.6 Å². The van der Waals surface area contributed by atoms with Gasteiger partial charge in [0.25, 0.3) is 5.91 Å². The van der Waals surface area contributed by atoms with Crippen LogP contribution >= 0.6 is 11.6 Å². The zero-order valence-electron chi connectivity index (χ0n) is 13.4. The molecule has 3 aliphatic heterocycles. The molecule has 0 saturated carbocycles. The standard InChI is InChI=1S/C17H18ClN3O3/c1-17-8-4-9-20(17)16(24)21(15(17)23)13-7-10-19(14(13)22)12-6-3-2-5-11(12)18/h2-3,5-6,13H,4,7-10H2,1H3/t13-,17+/m0/s1. The number of fused-ring (bicyclic) bond motifs is 1. The van der Waals surface area contributed by atoms with Crippen LogP contribution in [0.15, 0.2) is 24.3 Å². The van der Waals surface area contributed by atoms with Crippen LogP contribution in [0.2, 0.25) is 5.02 Å². The van der Waals surface area contributed by atoms with Gasteiger partial charge in [-0.3, -0.25) is 9.59 Å². The van der Waals surface area contributed by atoms with Crippen LogP contribution in [0.1, 0.15) is 26.2 Å². The van der Waals surface area contributed by atoms with E-state index in [0.29, 0.717) is 36.6 Å². The summed E-state index contributed by atoms with van der Waals surface area (Å²) in [6.45, 7) is 2.82.